The van der Waals surface area contributed by atoms with Crippen LogP contribution in [0, 0.1) is 0 Å². The maximum Gasteiger partial charge on any atom is 0.235 e. The molecular formula is C22H26ClNO2S. The second-order valence-corrected chi connectivity index (χ2v) is 10.2. The summed E-state index contributed by atoms with van der Waals surface area (Å²) in [5.41, 5.74) is 3.41. The molecule has 2 aromatic carbocycles. The van der Waals surface area contributed by atoms with E-state index in [0.717, 1.165) is 24.0 Å². The summed E-state index contributed by atoms with van der Waals surface area (Å²) < 4.78 is 11.5. The normalized spacial score (nSPS) is 16.6. The Kier molecular flexibility index (Phi) is 5.51. The van der Waals surface area contributed by atoms with E-state index in [1.807, 2.05) is 12.1 Å². The molecule has 1 amide bonds. The number of halogens is 1. The van der Waals surface area contributed by atoms with Gasteiger partial charge >= 0.3 is 0 Å². The van der Waals surface area contributed by atoms with E-state index in [-0.39, 0.29) is 11.3 Å². The van der Waals surface area contributed by atoms with Crippen LogP contribution < -0.4 is 5.32 Å². The molecule has 27 heavy (non-hydrogen) atoms. The van der Waals surface area contributed by atoms with E-state index >= 15 is 0 Å². The summed E-state index contributed by atoms with van der Waals surface area (Å²) in [5.74, 6) is 0.419. The highest BCUT2D eigenvalue weighted by Crippen LogP contribution is 2.49. The Balaban J connectivity index is 1.81. The third kappa shape index (κ3) is 4.44. The van der Waals surface area contributed by atoms with Crippen LogP contribution in [-0.2, 0) is 32.2 Å². The molecule has 1 atom stereocenters. The average molecular weight is 404 g/mol. The van der Waals surface area contributed by atoms with Crippen molar-refractivity contribution in [1.29, 1.82) is 0 Å². The maximum atomic E-state index is 13.0. The molecule has 1 aliphatic carbocycles. The van der Waals surface area contributed by atoms with Crippen molar-refractivity contribution < 1.29 is 9.00 Å². The van der Waals surface area contributed by atoms with Gasteiger partial charge in [-0.05, 0) is 47.1 Å². The van der Waals surface area contributed by atoms with Gasteiger partial charge in [-0.1, -0.05) is 62.7 Å². The lowest BCUT2D eigenvalue weighted by atomic mass is 9.85. The number of rotatable bonds is 5. The summed E-state index contributed by atoms with van der Waals surface area (Å²) in [7, 11) is -0.944. The van der Waals surface area contributed by atoms with Crippen LogP contribution in [-0.4, -0.2) is 16.4 Å². The summed E-state index contributed by atoms with van der Waals surface area (Å²) in [5, 5.41) is 3.49. The van der Waals surface area contributed by atoms with Crippen LogP contribution in [0.3, 0.4) is 0 Å². The molecule has 1 unspecified atom stereocenters. The third-order valence-electron chi connectivity index (χ3n) is 5.14. The van der Waals surface area contributed by atoms with E-state index in [1.54, 1.807) is 12.3 Å². The van der Waals surface area contributed by atoms with E-state index in [9.17, 15) is 9.00 Å². The number of carbonyl (C=O) groups is 1. The molecule has 1 fully saturated rings. The van der Waals surface area contributed by atoms with Gasteiger partial charge in [-0.15, -0.1) is 0 Å². The van der Waals surface area contributed by atoms with Gasteiger partial charge in [-0.3, -0.25) is 9.00 Å². The van der Waals surface area contributed by atoms with Crippen molar-refractivity contribution in [2.45, 2.75) is 50.2 Å². The smallest absolute Gasteiger partial charge is 0.235 e. The molecule has 144 valence electrons. The summed E-state index contributed by atoms with van der Waals surface area (Å²) in [6.45, 7) is 6.54. The zero-order valence-corrected chi connectivity index (χ0v) is 17.8. The van der Waals surface area contributed by atoms with E-state index < -0.39 is 16.2 Å². The van der Waals surface area contributed by atoms with Crippen molar-refractivity contribution in [2.24, 2.45) is 0 Å². The van der Waals surface area contributed by atoms with Crippen LogP contribution >= 0.6 is 11.6 Å². The van der Waals surface area contributed by atoms with Crippen molar-refractivity contribution in [2.75, 3.05) is 11.6 Å². The second-order valence-electron chi connectivity index (χ2n) is 8.40. The zero-order chi connectivity index (χ0) is 19.8. The Morgan fingerprint density at radius 2 is 1.78 bits per heavy atom. The third-order valence-corrected chi connectivity index (χ3v) is 6.21. The summed E-state index contributed by atoms with van der Waals surface area (Å²) in [4.78, 5) is 13.0. The SMILES string of the molecule is CS(=O)Cc1ccc(Cl)c(NC(=O)C2(c3ccc(C(C)(C)C)cc3)CC2)c1. The van der Waals surface area contributed by atoms with Gasteiger partial charge in [0.2, 0.25) is 5.91 Å². The predicted octanol–water partition coefficient (Wildman–Crippen LogP) is 5.19. The molecule has 3 nitrogen and oxygen atoms in total. The van der Waals surface area contributed by atoms with E-state index in [0.29, 0.717) is 16.5 Å². The fraction of sp³-hybridized carbons (Fsp3) is 0.409. The first-order chi connectivity index (χ1) is 12.6. The van der Waals surface area contributed by atoms with Crippen molar-refractivity contribution in [3.8, 4) is 0 Å². The number of carbonyl (C=O) groups excluding carboxylic acids is 1. The highest BCUT2D eigenvalue weighted by atomic mass is 35.5. The fourth-order valence-electron chi connectivity index (χ4n) is 3.30. The topological polar surface area (TPSA) is 46.2 Å². The van der Waals surface area contributed by atoms with Gasteiger partial charge in [0.25, 0.3) is 0 Å². The molecule has 0 saturated heterocycles. The van der Waals surface area contributed by atoms with Gasteiger partial charge in [0.15, 0.2) is 0 Å². The van der Waals surface area contributed by atoms with Crippen LogP contribution in [0.4, 0.5) is 5.69 Å². The molecule has 3 rings (SSSR count). The second kappa shape index (κ2) is 7.40. The largest absolute Gasteiger partial charge is 0.324 e. The van der Waals surface area contributed by atoms with Crippen LogP contribution in [0.25, 0.3) is 0 Å². The van der Waals surface area contributed by atoms with Crippen molar-refractivity contribution >= 4 is 34.0 Å². The Hall–Kier alpha value is -1.65. The molecule has 1 N–H and O–H groups in total. The van der Waals surface area contributed by atoms with Crippen LogP contribution in [0.15, 0.2) is 42.5 Å². The minimum absolute atomic E-state index is 0.0253. The maximum absolute atomic E-state index is 13.0. The molecule has 0 radical (unpaired) electrons. The fourth-order valence-corrected chi connectivity index (χ4v) is 4.11. The monoisotopic (exact) mass is 403 g/mol. The minimum Gasteiger partial charge on any atom is -0.324 e. The Bertz CT molecular complexity index is 880. The number of nitrogens with one attached hydrogen (secondary N) is 1. The first-order valence-electron chi connectivity index (χ1n) is 9.13. The number of hydrogen-bond acceptors (Lipinski definition) is 2. The molecule has 5 heteroatoms. The summed E-state index contributed by atoms with van der Waals surface area (Å²) in [6.07, 6.45) is 3.33. The minimum atomic E-state index is -0.944. The predicted molar refractivity (Wildman–Crippen MR) is 114 cm³/mol. The highest BCUT2D eigenvalue weighted by molar-refractivity contribution is 7.83. The van der Waals surface area contributed by atoms with Crippen LogP contribution in [0.5, 0.6) is 0 Å². The number of hydrogen-bond donors (Lipinski definition) is 1. The number of benzene rings is 2. The van der Waals surface area contributed by atoms with Gasteiger partial charge in [0.1, 0.15) is 0 Å². The van der Waals surface area contributed by atoms with Crippen LogP contribution in [0.2, 0.25) is 5.02 Å². The number of amides is 1. The van der Waals surface area contributed by atoms with Crippen molar-refractivity contribution in [3.63, 3.8) is 0 Å². The van der Waals surface area contributed by atoms with Crippen molar-refractivity contribution in [1.82, 2.24) is 0 Å². The number of anilines is 1. The van der Waals surface area contributed by atoms with Gasteiger partial charge < -0.3 is 5.32 Å². The Morgan fingerprint density at radius 1 is 1.15 bits per heavy atom. The van der Waals surface area contributed by atoms with Gasteiger partial charge in [-0.2, -0.15) is 0 Å². The molecule has 1 saturated carbocycles. The molecule has 0 bridgehead atoms. The van der Waals surface area contributed by atoms with Gasteiger partial charge in [0, 0.05) is 22.8 Å². The first kappa shape index (κ1) is 20.1. The highest BCUT2D eigenvalue weighted by Gasteiger charge is 2.51. The molecule has 0 spiro atoms. The lowest BCUT2D eigenvalue weighted by Gasteiger charge is -2.21. The lowest BCUT2D eigenvalue weighted by Crippen LogP contribution is -2.28. The van der Waals surface area contributed by atoms with Crippen molar-refractivity contribution in [3.05, 3.63) is 64.2 Å². The Labute approximate surface area is 169 Å². The molecular weight excluding hydrogens is 378 g/mol. The zero-order valence-electron chi connectivity index (χ0n) is 16.3. The molecule has 1 aliphatic rings. The molecule has 0 heterocycles. The van der Waals surface area contributed by atoms with E-state index in [1.165, 1.54) is 5.56 Å². The lowest BCUT2D eigenvalue weighted by molar-refractivity contribution is -0.118. The van der Waals surface area contributed by atoms with E-state index in [4.69, 9.17) is 11.6 Å². The quantitative estimate of drug-likeness (QED) is 0.746. The van der Waals surface area contributed by atoms with Gasteiger partial charge in [-0.25, -0.2) is 0 Å². The Morgan fingerprint density at radius 3 is 2.30 bits per heavy atom. The molecule has 0 aromatic heterocycles. The first-order valence-corrected chi connectivity index (χ1v) is 11.2. The standard InChI is InChI=1S/C22H26ClNO2S/c1-21(2,3)16-6-8-17(9-7-16)22(11-12-22)20(25)24-19-13-15(14-27(4)26)5-10-18(19)23/h5-10,13H,11-12,14H2,1-4H3,(H,24,25). The average Bonchev–Trinajstić information content (AvgIpc) is 3.39. The molecule has 2 aromatic rings. The summed E-state index contributed by atoms with van der Waals surface area (Å²) >= 11 is 6.27. The summed E-state index contributed by atoms with van der Waals surface area (Å²) in [6, 6.07) is 13.8. The molecule has 0 aliphatic heterocycles. The van der Waals surface area contributed by atoms with Gasteiger partial charge in [0.05, 0.1) is 16.1 Å². The van der Waals surface area contributed by atoms with Crippen LogP contribution in [0.1, 0.15) is 50.3 Å². The van der Waals surface area contributed by atoms with E-state index in [2.05, 4.69) is 50.4 Å².